The van der Waals surface area contributed by atoms with Crippen molar-refractivity contribution in [3.63, 3.8) is 0 Å². The van der Waals surface area contributed by atoms with Crippen molar-refractivity contribution in [1.29, 1.82) is 0 Å². The number of rotatable bonds is 3. The average molecular weight is 262 g/mol. The molecule has 0 aliphatic heterocycles. The molecule has 0 aliphatic carbocycles. The van der Waals surface area contributed by atoms with E-state index in [1.807, 2.05) is 0 Å². The van der Waals surface area contributed by atoms with E-state index in [0.29, 0.717) is 0 Å². The molecular formula is C12H14ClF2NO. The number of halogens is 3. The first-order valence-corrected chi connectivity index (χ1v) is 5.70. The molecule has 1 rings (SSSR count). The highest BCUT2D eigenvalue weighted by Gasteiger charge is 2.21. The molecule has 1 amide bonds. The number of carbonyl (C=O) groups excluding carboxylic acids is 1. The van der Waals surface area contributed by atoms with E-state index < -0.39 is 17.5 Å². The Balaban J connectivity index is 3.08. The van der Waals surface area contributed by atoms with Gasteiger partial charge in [0, 0.05) is 25.0 Å². The lowest BCUT2D eigenvalue weighted by Gasteiger charge is -2.23. The first kappa shape index (κ1) is 13.9. The van der Waals surface area contributed by atoms with Crippen molar-refractivity contribution in [2.24, 2.45) is 0 Å². The summed E-state index contributed by atoms with van der Waals surface area (Å²) < 4.78 is 26.6. The summed E-state index contributed by atoms with van der Waals surface area (Å²) in [6, 6.07) is 1.72. The summed E-state index contributed by atoms with van der Waals surface area (Å²) in [7, 11) is 1.54. The molecule has 0 saturated carbocycles. The Hall–Kier alpha value is -1.16. The fourth-order valence-corrected chi connectivity index (χ4v) is 1.52. The molecule has 0 radical (unpaired) electrons. The maximum atomic E-state index is 13.5. The third-order valence-electron chi connectivity index (χ3n) is 2.68. The Morgan fingerprint density at radius 1 is 1.41 bits per heavy atom. The molecule has 0 saturated heterocycles. The predicted molar refractivity (Wildman–Crippen MR) is 63.4 cm³/mol. The Kier molecular flexibility index (Phi) is 4.46. The molecule has 0 aromatic heterocycles. The van der Waals surface area contributed by atoms with Crippen LogP contribution in [-0.2, 0) is 0 Å². The predicted octanol–water partition coefficient (Wildman–Crippen LogP) is 2.97. The van der Waals surface area contributed by atoms with E-state index in [2.05, 4.69) is 0 Å². The molecule has 1 aromatic rings. The minimum atomic E-state index is -0.855. The van der Waals surface area contributed by atoms with Crippen LogP contribution in [0.1, 0.15) is 22.8 Å². The van der Waals surface area contributed by atoms with Crippen LogP contribution in [0, 0.1) is 18.6 Å². The molecule has 5 heteroatoms. The maximum Gasteiger partial charge on any atom is 0.256 e. The van der Waals surface area contributed by atoms with E-state index in [1.54, 1.807) is 6.92 Å². The van der Waals surface area contributed by atoms with Gasteiger partial charge in [-0.15, -0.1) is 11.6 Å². The molecular weight excluding hydrogens is 248 g/mol. The van der Waals surface area contributed by atoms with Gasteiger partial charge in [-0.1, -0.05) is 0 Å². The first-order chi connectivity index (χ1) is 7.88. The lowest BCUT2D eigenvalue weighted by Crippen LogP contribution is -2.36. The van der Waals surface area contributed by atoms with Crippen LogP contribution in [0.5, 0.6) is 0 Å². The summed E-state index contributed by atoms with van der Waals surface area (Å²) in [5.41, 5.74) is 0.102. The van der Waals surface area contributed by atoms with Gasteiger partial charge in [-0.05, 0) is 25.5 Å². The van der Waals surface area contributed by atoms with Gasteiger partial charge >= 0.3 is 0 Å². The molecule has 0 aliphatic rings. The van der Waals surface area contributed by atoms with Crippen molar-refractivity contribution >= 4 is 17.5 Å². The molecule has 17 heavy (non-hydrogen) atoms. The maximum absolute atomic E-state index is 13.5. The highest BCUT2D eigenvalue weighted by molar-refractivity contribution is 6.18. The number of amides is 1. The molecule has 94 valence electrons. The summed E-state index contributed by atoms with van der Waals surface area (Å²) in [4.78, 5) is 13.3. The number of nitrogens with zero attached hydrogens (tertiary/aromatic N) is 1. The SMILES string of the molecule is Cc1cc(C(=O)N(C)C(C)CCl)c(F)cc1F. The third kappa shape index (κ3) is 2.94. The number of alkyl halides is 1. The molecule has 0 spiro atoms. The Morgan fingerprint density at radius 3 is 2.53 bits per heavy atom. The van der Waals surface area contributed by atoms with Gasteiger partial charge in [-0.3, -0.25) is 4.79 Å². The molecule has 0 N–H and O–H groups in total. The summed E-state index contributed by atoms with van der Waals surface area (Å²) >= 11 is 5.63. The van der Waals surface area contributed by atoms with Crippen LogP contribution in [0.15, 0.2) is 12.1 Å². The second-order valence-electron chi connectivity index (χ2n) is 4.00. The second kappa shape index (κ2) is 5.45. The summed E-state index contributed by atoms with van der Waals surface area (Å²) in [5.74, 6) is -1.76. The van der Waals surface area contributed by atoms with Crippen molar-refractivity contribution in [3.8, 4) is 0 Å². The van der Waals surface area contributed by atoms with Gasteiger partial charge < -0.3 is 4.90 Å². The Bertz CT molecular complexity index is 437. The van der Waals surface area contributed by atoms with Crippen molar-refractivity contribution in [1.82, 2.24) is 4.90 Å². The molecule has 1 atom stereocenters. The fraction of sp³-hybridized carbons (Fsp3) is 0.417. The number of hydrogen-bond donors (Lipinski definition) is 0. The Labute approximate surface area is 104 Å². The van der Waals surface area contributed by atoms with E-state index >= 15 is 0 Å². The minimum absolute atomic E-state index is 0.136. The van der Waals surface area contributed by atoms with E-state index in [-0.39, 0.29) is 23.0 Å². The van der Waals surface area contributed by atoms with Crippen LogP contribution in [0.25, 0.3) is 0 Å². The number of hydrogen-bond acceptors (Lipinski definition) is 1. The van der Waals surface area contributed by atoms with Crippen LogP contribution in [0.2, 0.25) is 0 Å². The van der Waals surface area contributed by atoms with Gasteiger partial charge in [-0.25, -0.2) is 8.78 Å². The van der Waals surface area contributed by atoms with Crippen molar-refractivity contribution < 1.29 is 13.6 Å². The molecule has 1 unspecified atom stereocenters. The standard InChI is InChI=1S/C12H14ClF2NO/c1-7-4-9(11(15)5-10(7)14)12(17)16(3)8(2)6-13/h4-5,8H,6H2,1-3H3. The highest BCUT2D eigenvalue weighted by atomic mass is 35.5. The molecule has 0 heterocycles. The third-order valence-corrected chi connectivity index (χ3v) is 3.13. The highest BCUT2D eigenvalue weighted by Crippen LogP contribution is 2.16. The minimum Gasteiger partial charge on any atom is -0.338 e. The van der Waals surface area contributed by atoms with Gasteiger partial charge in [-0.2, -0.15) is 0 Å². The lowest BCUT2D eigenvalue weighted by molar-refractivity contribution is 0.0752. The van der Waals surface area contributed by atoms with Crippen LogP contribution in [-0.4, -0.2) is 29.8 Å². The van der Waals surface area contributed by atoms with Crippen LogP contribution >= 0.6 is 11.6 Å². The van der Waals surface area contributed by atoms with Crippen molar-refractivity contribution in [3.05, 3.63) is 34.9 Å². The zero-order chi connectivity index (χ0) is 13.2. The van der Waals surface area contributed by atoms with Gasteiger partial charge in [0.2, 0.25) is 0 Å². The summed E-state index contributed by atoms with van der Waals surface area (Å²) in [6.45, 7) is 3.23. The van der Waals surface area contributed by atoms with Gasteiger partial charge in [0.1, 0.15) is 11.6 Å². The lowest BCUT2D eigenvalue weighted by atomic mass is 10.1. The number of aryl methyl sites for hydroxylation is 1. The average Bonchev–Trinajstić information content (AvgIpc) is 2.31. The summed E-state index contributed by atoms with van der Waals surface area (Å²) in [5, 5.41) is 0. The molecule has 2 nitrogen and oxygen atoms in total. The summed E-state index contributed by atoms with van der Waals surface area (Å²) in [6.07, 6.45) is 0. The van der Waals surface area contributed by atoms with E-state index in [9.17, 15) is 13.6 Å². The monoisotopic (exact) mass is 261 g/mol. The number of benzene rings is 1. The van der Waals surface area contributed by atoms with Crippen molar-refractivity contribution in [2.45, 2.75) is 19.9 Å². The van der Waals surface area contributed by atoms with Crippen LogP contribution in [0.3, 0.4) is 0 Å². The van der Waals surface area contributed by atoms with Crippen LogP contribution < -0.4 is 0 Å². The smallest absolute Gasteiger partial charge is 0.256 e. The van der Waals surface area contributed by atoms with E-state index in [0.717, 1.165) is 6.07 Å². The quantitative estimate of drug-likeness (QED) is 0.766. The van der Waals surface area contributed by atoms with Gasteiger partial charge in [0.15, 0.2) is 0 Å². The number of carbonyl (C=O) groups is 1. The van der Waals surface area contributed by atoms with Gasteiger partial charge in [0.05, 0.1) is 5.56 Å². The zero-order valence-corrected chi connectivity index (χ0v) is 10.7. The van der Waals surface area contributed by atoms with Crippen LogP contribution in [0.4, 0.5) is 8.78 Å². The molecule has 0 bridgehead atoms. The second-order valence-corrected chi connectivity index (χ2v) is 4.31. The van der Waals surface area contributed by atoms with E-state index in [1.165, 1.54) is 24.9 Å². The normalized spacial score (nSPS) is 12.4. The van der Waals surface area contributed by atoms with Crippen molar-refractivity contribution in [2.75, 3.05) is 12.9 Å². The topological polar surface area (TPSA) is 20.3 Å². The molecule has 0 fully saturated rings. The van der Waals surface area contributed by atoms with Gasteiger partial charge in [0.25, 0.3) is 5.91 Å². The Morgan fingerprint density at radius 2 is 2.00 bits per heavy atom. The largest absolute Gasteiger partial charge is 0.338 e. The molecule has 1 aromatic carbocycles. The van der Waals surface area contributed by atoms with E-state index in [4.69, 9.17) is 11.6 Å². The first-order valence-electron chi connectivity index (χ1n) is 5.17. The fourth-order valence-electron chi connectivity index (χ4n) is 1.31. The zero-order valence-electron chi connectivity index (χ0n) is 9.93.